The van der Waals surface area contributed by atoms with Gasteiger partial charge in [-0.2, -0.15) is 0 Å². The van der Waals surface area contributed by atoms with Gasteiger partial charge in [0.1, 0.15) is 0 Å². The van der Waals surface area contributed by atoms with E-state index >= 15 is 0 Å². The van der Waals surface area contributed by atoms with Crippen LogP contribution >= 0.6 is 0 Å². The Morgan fingerprint density at radius 3 is 2.00 bits per heavy atom. The largest absolute Gasteiger partial charge is 0.462 e. The van der Waals surface area contributed by atoms with E-state index in [1.54, 1.807) is 24.3 Å². The van der Waals surface area contributed by atoms with Crippen LogP contribution in [0.25, 0.3) is 0 Å². The maximum Gasteiger partial charge on any atom is 0.338 e. The molecule has 1 fully saturated rings. The lowest BCUT2D eigenvalue weighted by Crippen LogP contribution is -2.17. The Morgan fingerprint density at radius 1 is 0.957 bits per heavy atom. The van der Waals surface area contributed by atoms with Gasteiger partial charge >= 0.3 is 11.9 Å². The molecule has 1 aromatic carbocycles. The van der Waals surface area contributed by atoms with Gasteiger partial charge in [-0.25, -0.2) is 9.59 Å². The van der Waals surface area contributed by atoms with E-state index in [0.29, 0.717) is 36.2 Å². The highest BCUT2D eigenvalue weighted by Crippen LogP contribution is 2.24. The molecule has 0 heterocycles. The lowest BCUT2D eigenvalue weighted by Gasteiger charge is -2.21. The van der Waals surface area contributed by atoms with Crippen LogP contribution in [0.4, 0.5) is 0 Å². The van der Waals surface area contributed by atoms with E-state index in [-0.39, 0.29) is 11.9 Å². The van der Waals surface area contributed by atoms with Gasteiger partial charge in [-0.3, -0.25) is 0 Å². The SMILES string of the molecule is CC(C)COC(=O)c1ccc(C(=O)OCC2CCCCC2)cc1. The van der Waals surface area contributed by atoms with Crippen LogP contribution in [0.3, 0.4) is 0 Å². The smallest absolute Gasteiger partial charge is 0.338 e. The van der Waals surface area contributed by atoms with Crippen molar-refractivity contribution in [2.45, 2.75) is 46.0 Å². The molecule has 0 aromatic heterocycles. The van der Waals surface area contributed by atoms with Crippen LogP contribution in [0.2, 0.25) is 0 Å². The average Bonchev–Trinajstić information content (AvgIpc) is 2.58. The van der Waals surface area contributed by atoms with Crippen LogP contribution in [-0.4, -0.2) is 25.2 Å². The molecule has 1 aliphatic rings. The highest BCUT2D eigenvalue weighted by molar-refractivity contribution is 5.93. The number of esters is 2. The molecule has 0 aliphatic heterocycles. The molecule has 1 saturated carbocycles. The zero-order valence-electron chi connectivity index (χ0n) is 14.0. The van der Waals surface area contributed by atoms with Crippen molar-refractivity contribution in [3.8, 4) is 0 Å². The molecule has 23 heavy (non-hydrogen) atoms. The van der Waals surface area contributed by atoms with Crippen LogP contribution in [-0.2, 0) is 9.47 Å². The van der Waals surface area contributed by atoms with Crippen LogP contribution in [0.1, 0.15) is 66.7 Å². The lowest BCUT2D eigenvalue weighted by atomic mass is 9.90. The van der Waals surface area contributed by atoms with Crippen LogP contribution in [0.5, 0.6) is 0 Å². The number of rotatable bonds is 6. The molecule has 4 nitrogen and oxygen atoms in total. The number of carbonyl (C=O) groups is 2. The highest BCUT2D eigenvalue weighted by Gasteiger charge is 2.17. The molecule has 0 atom stereocenters. The number of benzene rings is 1. The fraction of sp³-hybridized carbons (Fsp3) is 0.579. The van der Waals surface area contributed by atoms with Gasteiger partial charge in [0.05, 0.1) is 24.3 Å². The summed E-state index contributed by atoms with van der Waals surface area (Å²) in [6, 6.07) is 6.46. The Labute approximate surface area is 138 Å². The summed E-state index contributed by atoms with van der Waals surface area (Å²) in [4.78, 5) is 23.9. The van der Waals surface area contributed by atoms with E-state index < -0.39 is 0 Å². The highest BCUT2D eigenvalue weighted by atomic mass is 16.5. The molecular formula is C19H26O4. The summed E-state index contributed by atoms with van der Waals surface area (Å²) in [7, 11) is 0. The number of hydrogen-bond acceptors (Lipinski definition) is 4. The van der Waals surface area contributed by atoms with Crippen molar-refractivity contribution < 1.29 is 19.1 Å². The molecule has 1 aliphatic carbocycles. The standard InChI is InChI=1S/C19H26O4/c1-14(2)12-22-18(20)16-8-10-17(11-9-16)19(21)23-13-15-6-4-3-5-7-15/h8-11,14-15H,3-7,12-13H2,1-2H3. The second-order valence-corrected chi connectivity index (χ2v) is 6.67. The molecule has 0 saturated heterocycles. The zero-order valence-corrected chi connectivity index (χ0v) is 14.0. The Balaban J connectivity index is 1.83. The molecule has 2 rings (SSSR count). The number of carbonyl (C=O) groups excluding carboxylic acids is 2. The molecule has 0 radical (unpaired) electrons. The van der Waals surface area contributed by atoms with Crippen molar-refractivity contribution in [1.29, 1.82) is 0 Å². The Morgan fingerprint density at radius 2 is 1.48 bits per heavy atom. The Kier molecular flexibility index (Phi) is 6.63. The Hall–Kier alpha value is -1.84. The van der Waals surface area contributed by atoms with Crippen molar-refractivity contribution in [2.24, 2.45) is 11.8 Å². The van der Waals surface area contributed by atoms with Crippen molar-refractivity contribution in [3.63, 3.8) is 0 Å². The predicted octanol–water partition coefficient (Wildman–Crippen LogP) is 4.24. The monoisotopic (exact) mass is 318 g/mol. The zero-order chi connectivity index (χ0) is 16.7. The summed E-state index contributed by atoms with van der Waals surface area (Å²) in [6.07, 6.45) is 6.05. The molecular weight excluding hydrogens is 292 g/mol. The van der Waals surface area contributed by atoms with Crippen molar-refractivity contribution >= 4 is 11.9 Å². The summed E-state index contributed by atoms with van der Waals surface area (Å²) in [5.41, 5.74) is 0.927. The second kappa shape index (κ2) is 8.70. The minimum Gasteiger partial charge on any atom is -0.462 e. The summed E-state index contributed by atoms with van der Waals surface area (Å²) in [5, 5.41) is 0. The fourth-order valence-corrected chi connectivity index (χ4v) is 2.70. The van der Waals surface area contributed by atoms with Gasteiger partial charge in [-0.05, 0) is 48.9 Å². The van der Waals surface area contributed by atoms with Gasteiger partial charge in [-0.15, -0.1) is 0 Å². The first-order chi connectivity index (χ1) is 11.1. The minimum atomic E-state index is -0.360. The van der Waals surface area contributed by atoms with Crippen molar-refractivity contribution in [3.05, 3.63) is 35.4 Å². The first-order valence-electron chi connectivity index (χ1n) is 8.50. The third-order valence-electron chi connectivity index (χ3n) is 4.08. The molecule has 0 N–H and O–H groups in total. The van der Waals surface area contributed by atoms with E-state index in [4.69, 9.17) is 9.47 Å². The van der Waals surface area contributed by atoms with Gasteiger partial charge in [0.15, 0.2) is 0 Å². The number of hydrogen-bond donors (Lipinski definition) is 0. The quantitative estimate of drug-likeness (QED) is 0.736. The van der Waals surface area contributed by atoms with E-state index in [0.717, 1.165) is 12.8 Å². The molecule has 1 aromatic rings. The summed E-state index contributed by atoms with van der Waals surface area (Å²) >= 11 is 0. The second-order valence-electron chi connectivity index (χ2n) is 6.67. The van der Waals surface area contributed by atoms with Gasteiger partial charge in [0.2, 0.25) is 0 Å². The van der Waals surface area contributed by atoms with Crippen LogP contribution in [0.15, 0.2) is 24.3 Å². The average molecular weight is 318 g/mol. The molecule has 0 bridgehead atoms. The molecule has 126 valence electrons. The van der Waals surface area contributed by atoms with E-state index in [2.05, 4.69) is 0 Å². The first-order valence-corrected chi connectivity index (χ1v) is 8.50. The Bertz CT molecular complexity index is 513. The topological polar surface area (TPSA) is 52.6 Å². The fourth-order valence-electron chi connectivity index (χ4n) is 2.70. The summed E-state index contributed by atoms with van der Waals surface area (Å²) in [5.74, 6) is 0.115. The van der Waals surface area contributed by atoms with E-state index in [1.165, 1.54) is 19.3 Å². The van der Waals surface area contributed by atoms with Gasteiger partial charge < -0.3 is 9.47 Å². The molecule has 4 heteroatoms. The van der Waals surface area contributed by atoms with Crippen molar-refractivity contribution in [1.82, 2.24) is 0 Å². The van der Waals surface area contributed by atoms with Gasteiger partial charge in [-0.1, -0.05) is 33.1 Å². The number of ether oxygens (including phenoxy) is 2. The van der Waals surface area contributed by atoms with Gasteiger partial charge in [0, 0.05) is 0 Å². The normalized spacial score (nSPS) is 15.4. The predicted molar refractivity (Wildman–Crippen MR) is 88.4 cm³/mol. The minimum absolute atomic E-state index is 0.299. The summed E-state index contributed by atoms with van der Waals surface area (Å²) < 4.78 is 10.6. The van der Waals surface area contributed by atoms with Gasteiger partial charge in [0.25, 0.3) is 0 Å². The third kappa shape index (κ3) is 5.70. The van der Waals surface area contributed by atoms with Crippen LogP contribution < -0.4 is 0 Å². The molecule has 0 spiro atoms. The van der Waals surface area contributed by atoms with E-state index in [1.807, 2.05) is 13.8 Å². The third-order valence-corrected chi connectivity index (χ3v) is 4.08. The molecule has 0 amide bonds. The van der Waals surface area contributed by atoms with E-state index in [9.17, 15) is 9.59 Å². The first kappa shape index (κ1) is 17.5. The maximum atomic E-state index is 12.0. The lowest BCUT2D eigenvalue weighted by molar-refractivity contribution is 0.0407. The van der Waals surface area contributed by atoms with Crippen LogP contribution in [0, 0.1) is 11.8 Å². The molecule has 0 unspecified atom stereocenters. The van der Waals surface area contributed by atoms with Crippen molar-refractivity contribution in [2.75, 3.05) is 13.2 Å². The maximum absolute atomic E-state index is 12.0. The summed E-state index contributed by atoms with van der Waals surface area (Å²) in [6.45, 7) is 4.86.